The number of thioether (sulfide) groups is 1. The maximum Gasteiger partial charge on any atom is 0.0826 e. The van der Waals surface area contributed by atoms with Crippen LogP contribution < -0.4 is 5.11 Å². The number of hydrogen-bond acceptors (Lipinski definition) is 4. The van der Waals surface area contributed by atoms with Gasteiger partial charge in [-0.2, -0.15) is 0 Å². The lowest BCUT2D eigenvalue weighted by molar-refractivity contribution is -0.254. The molecule has 1 aromatic rings. The lowest BCUT2D eigenvalue weighted by Crippen LogP contribution is -2.21. The Labute approximate surface area is 86.0 Å². The minimum absolute atomic E-state index is 0.378. The van der Waals surface area contributed by atoms with Crippen molar-refractivity contribution in [2.45, 2.75) is 25.2 Å². The topological polar surface area (TPSA) is 40.1 Å². The second-order valence-electron chi connectivity index (χ2n) is 2.48. The van der Waals surface area contributed by atoms with Crippen molar-refractivity contribution in [1.29, 1.82) is 0 Å². The van der Waals surface area contributed by atoms with E-state index in [1.807, 2.05) is 19.9 Å². The summed E-state index contributed by atoms with van der Waals surface area (Å²) in [6.07, 6.45) is 0.884. The fourth-order valence-corrected chi connectivity index (χ4v) is 2.96. The Morgan fingerprint density at radius 2 is 2.31 bits per heavy atom. The first kappa shape index (κ1) is 10.6. The van der Waals surface area contributed by atoms with E-state index in [0.717, 1.165) is 21.9 Å². The molecule has 2 nitrogen and oxygen atoms in total. The highest BCUT2D eigenvalue weighted by atomic mass is 32.2. The molecule has 0 saturated heterocycles. The standard InChI is InChI=1S/C9H12O2S2/c1-3-6-5-7(12-4-2)8(13-6)9(10)11/h5H,3-4H2,1-2H3,(H,10,11)/p-1. The van der Waals surface area contributed by atoms with E-state index in [-0.39, 0.29) is 0 Å². The van der Waals surface area contributed by atoms with E-state index >= 15 is 0 Å². The van der Waals surface area contributed by atoms with Crippen molar-refractivity contribution in [2.75, 3.05) is 5.75 Å². The number of aryl methyl sites for hydroxylation is 1. The molecule has 4 heteroatoms. The number of carboxylic acid groups (broad SMARTS) is 1. The fourth-order valence-electron chi connectivity index (χ4n) is 1.00. The van der Waals surface area contributed by atoms with Gasteiger partial charge < -0.3 is 9.90 Å². The SMILES string of the molecule is CCSc1cc(CC)sc1C(=O)[O-]. The Bertz CT molecular complexity index is 305. The van der Waals surface area contributed by atoms with Crippen LogP contribution in [0.25, 0.3) is 0 Å². The molecule has 0 radical (unpaired) electrons. The van der Waals surface area contributed by atoms with Gasteiger partial charge in [-0.05, 0) is 18.2 Å². The van der Waals surface area contributed by atoms with E-state index in [1.165, 1.54) is 11.3 Å². The van der Waals surface area contributed by atoms with Gasteiger partial charge in [0.05, 0.1) is 10.8 Å². The largest absolute Gasteiger partial charge is 0.544 e. The molecule has 0 aromatic carbocycles. The van der Waals surface area contributed by atoms with Crippen molar-refractivity contribution in [3.05, 3.63) is 15.8 Å². The van der Waals surface area contributed by atoms with Crippen molar-refractivity contribution < 1.29 is 9.90 Å². The highest BCUT2D eigenvalue weighted by Crippen LogP contribution is 2.30. The van der Waals surface area contributed by atoms with Crippen molar-refractivity contribution >= 4 is 29.1 Å². The summed E-state index contributed by atoms with van der Waals surface area (Å²) >= 11 is 2.88. The Balaban J connectivity index is 3.00. The molecule has 0 aliphatic carbocycles. The zero-order valence-corrected chi connectivity index (χ0v) is 9.26. The summed E-state index contributed by atoms with van der Waals surface area (Å²) in [6, 6.07) is 1.95. The third-order valence-corrected chi connectivity index (χ3v) is 3.89. The predicted octanol–water partition coefficient (Wildman–Crippen LogP) is 1.79. The number of carbonyl (C=O) groups excluding carboxylic acids is 1. The first-order valence-corrected chi connectivity index (χ1v) is 5.96. The van der Waals surface area contributed by atoms with Crippen LogP contribution in [0.4, 0.5) is 0 Å². The number of hydrogen-bond donors (Lipinski definition) is 0. The van der Waals surface area contributed by atoms with Crippen LogP contribution in [0.15, 0.2) is 11.0 Å². The second-order valence-corrected chi connectivity index (χ2v) is 4.92. The van der Waals surface area contributed by atoms with Gasteiger partial charge in [-0.25, -0.2) is 0 Å². The van der Waals surface area contributed by atoms with Crippen LogP contribution in [-0.4, -0.2) is 11.7 Å². The maximum atomic E-state index is 10.7. The molecule has 72 valence electrons. The Kier molecular flexibility index (Phi) is 3.81. The third kappa shape index (κ3) is 2.48. The second kappa shape index (κ2) is 4.67. The zero-order valence-electron chi connectivity index (χ0n) is 7.62. The van der Waals surface area contributed by atoms with Crippen LogP contribution in [0.2, 0.25) is 0 Å². The van der Waals surface area contributed by atoms with Gasteiger partial charge in [-0.3, -0.25) is 0 Å². The van der Waals surface area contributed by atoms with E-state index < -0.39 is 5.97 Å². The summed E-state index contributed by atoms with van der Waals surface area (Å²) in [5, 5.41) is 10.7. The average molecular weight is 215 g/mol. The molecule has 0 amide bonds. The van der Waals surface area contributed by atoms with Gasteiger partial charge in [0.25, 0.3) is 0 Å². The van der Waals surface area contributed by atoms with Crippen LogP contribution in [0.3, 0.4) is 0 Å². The molecule has 1 rings (SSSR count). The lowest BCUT2D eigenvalue weighted by Gasteiger charge is -2.00. The summed E-state index contributed by atoms with van der Waals surface area (Å²) in [5.41, 5.74) is 0. The number of thiophene rings is 1. The molecular weight excluding hydrogens is 204 g/mol. The van der Waals surface area contributed by atoms with Gasteiger partial charge in [-0.1, -0.05) is 13.8 Å². The molecule has 1 aromatic heterocycles. The van der Waals surface area contributed by atoms with Crippen LogP contribution in [0.5, 0.6) is 0 Å². The summed E-state index contributed by atoms with van der Waals surface area (Å²) in [4.78, 5) is 13.0. The molecule has 0 saturated carbocycles. The minimum atomic E-state index is -1.05. The third-order valence-electron chi connectivity index (χ3n) is 1.58. The molecule has 0 atom stereocenters. The number of carbonyl (C=O) groups is 1. The lowest BCUT2D eigenvalue weighted by atomic mass is 10.3. The smallest absolute Gasteiger partial charge is 0.0826 e. The van der Waals surface area contributed by atoms with Gasteiger partial charge in [0.2, 0.25) is 0 Å². The fraction of sp³-hybridized carbons (Fsp3) is 0.444. The predicted molar refractivity (Wildman–Crippen MR) is 54.4 cm³/mol. The average Bonchev–Trinajstić information content (AvgIpc) is 2.48. The maximum absolute atomic E-state index is 10.7. The molecule has 1 heterocycles. The molecule has 0 aliphatic heterocycles. The van der Waals surface area contributed by atoms with E-state index in [9.17, 15) is 9.90 Å². The Morgan fingerprint density at radius 1 is 1.62 bits per heavy atom. The zero-order chi connectivity index (χ0) is 9.84. The van der Waals surface area contributed by atoms with Gasteiger partial charge >= 0.3 is 0 Å². The first-order chi connectivity index (χ1) is 6.19. The Hall–Kier alpha value is -0.480. The van der Waals surface area contributed by atoms with Crippen molar-refractivity contribution in [3.8, 4) is 0 Å². The normalized spacial score (nSPS) is 10.3. The van der Waals surface area contributed by atoms with E-state index in [0.29, 0.717) is 4.88 Å². The molecule has 0 bridgehead atoms. The summed E-state index contributed by atoms with van der Waals surface area (Å²) in [6.45, 7) is 4.03. The highest BCUT2D eigenvalue weighted by molar-refractivity contribution is 7.99. The number of rotatable bonds is 4. The van der Waals surface area contributed by atoms with Crippen molar-refractivity contribution in [3.63, 3.8) is 0 Å². The van der Waals surface area contributed by atoms with Crippen LogP contribution in [0, 0.1) is 0 Å². The summed E-state index contributed by atoms with van der Waals surface area (Å²) < 4.78 is 0. The highest BCUT2D eigenvalue weighted by Gasteiger charge is 2.08. The monoisotopic (exact) mass is 215 g/mol. The van der Waals surface area contributed by atoms with Crippen LogP contribution in [0.1, 0.15) is 28.4 Å². The molecule has 0 spiro atoms. The molecule has 0 fully saturated rings. The number of carboxylic acids is 1. The molecular formula is C9H11O2S2-. The van der Waals surface area contributed by atoms with Crippen LogP contribution >= 0.6 is 23.1 Å². The number of aromatic carboxylic acids is 1. The van der Waals surface area contributed by atoms with Crippen molar-refractivity contribution in [2.24, 2.45) is 0 Å². The summed E-state index contributed by atoms with van der Waals surface area (Å²) in [5.74, 6) is -0.166. The molecule has 0 N–H and O–H groups in total. The summed E-state index contributed by atoms with van der Waals surface area (Å²) in [7, 11) is 0. The molecule has 0 aliphatic rings. The quantitative estimate of drug-likeness (QED) is 0.719. The minimum Gasteiger partial charge on any atom is -0.544 e. The van der Waals surface area contributed by atoms with Gasteiger partial charge in [0.1, 0.15) is 0 Å². The van der Waals surface area contributed by atoms with Crippen LogP contribution in [-0.2, 0) is 6.42 Å². The van der Waals surface area contributed by atoms with E-state index in [4.69, 9.17) is 0 Å². The van der Waals surface area contributed by atoms with Gasteiger partial charge in [0.15, 0.2) is 0 Å². The molecule has 0 unspecified atom stereocenters. The molecule has 13 heavy (non-hydrogen) atoms. The Morgan fingerprint density at radius 3 is 2.77 bits per heavy atom. The van der Waals surface area contributed by atoms with E-state index in [2.05, 4.69) is 0 Å². The van der Waals surface area contributed by atoms with Gasteiger partial charge in [0, 0.05) is 9.77 Å². The van der Waals surface area contributed by atoms with E-state index in [1.54, 1.807) is 11.8 Å². The van der Waals surface area contributed by atoms with Crippen molar-refractivity contribution in [1.82, 2.24) is 0 Å². The van der Waals surface area contributed by atoms with Gasteiger partial charge in [-0.15, -0.1) is 23.1 Å². The first-order valence-electron chi connectivity index (χ1n) is 4.15.